The molecule has 9 heteroatoms. The largest absolute Gasteiger partial charge is 0.329 e. The molecule has 1 aromatic carbocycles. The third kappa shape index (κ3) is 2.65. The second kappa shape index (κ2) is 4.73. The van der Waals surface area contributed by atoms with Crippen LogP contribution in [-0.4, -0.2) is 29.5 Å². The normalized spacial score (nSPS) is 11.9. The van der Waals surface area contributed by atoms with E-state index in [1.807, 2.05) is 0 Å². The Bertz CT molecular complexity index is 640. The first-order chi connectivity index (χ1) is 8.03. The molecule has 1 heterocycles. The number of fused-ring (bicyclic) bond motifs is 1. The number of nitrogens with two attached hydrogens (primary N) is 1. The van der Waals surface area contributed by atoms with Gasteiger partial charge in [-0.2, -0.15) is 8.75 Å². The van der Waals surface area contributed by atoms with Gasteiger partial charge in [-0.3, -0.25) is 4.72 Å². The van der Waals surface area contributed by atoms with Crippen molar-refractivity contribution in [3.05, 3.63) is 17.2 Å². The van der Waals surface area contributed by atoms with Crippen molar-refractivity contribution in [3.8, 4) is 0 Å². The van der Waals surface area contributed by atoms with Gasteiger partial charge in [0.05, 0.1) is 28.2 Å². The summed E-state index contributed by atoms with van der Waals surface area (Å²) in [5.41, 5.74) is 6.53. The summed E-state index contributed by atoms with van der Waals surface area (Å²) in [4.78, 5) is 0. The van der Waals surface area contributed by atoms with Gasteiger partial charge >= 0.3 is 0 Å². The monoisotopic (exact) mass is 292 g/mol. The predicted octanol–water partition coefficient (Wildman–Crippen LogP) is 1.05. The van der Waals surface area contributed by atoms with Crippen LogP contribution in [0.1, 0.15) is 0 Å². The van der Waals surface area contributed by atoms with Crippen LogP contribution in [0.25, 0.3) is 11.0 Å². The lowest BCUT2D eigenvalue weighted by Gasteiger charge is -2.08. The molecule has 2 aromatic rings. The van der Waals surface area contributed by atoms with Gasteiger partial charge in [-0.1, -0.05) is 11.6 Å². The van der Waals surface area contributed by atoms with Crippen LogP contribution in [0.15, 0.2) is 12.1 Å². The number of rotatable bonds is 4. The Kier molecular flexibility index (Phi) is 3.48. The van der Waals surface area contributed by atoms with Crippen LogP contribution < -0.4 is 10.5 Å². The van der Waals surface area contributed by atoms with Crippen molar-refractivity contribution in [1.82, 2.24) is 8.75 Å². The first kappa shape index (κ1) is 12.5. The minimum absolute atomic E-state index is 0.0399. The number of hydrogen-bond donors (Lipinski definition) is 2. The van der Waals surface area contributed by atoms with Crippen LogP contribution in [0, 0.1) is 0 Å². The van der Waals surface area contributed by atoms with E-state index >= 15 is 0 Å². The maximum absolute atomic E-state index is 11.6. The van der Waals surface area contributed by atoms with E-state index in [2.05, 4.69) is 13.5 Å². The van der Waals surface area contributed by atoms with Crippen molar-refractivity contribution in [3.63, 3.8) is 0 Å². The number of sulfonamides is 1. The molecule has 0 bridgehead atoms. The van der Waals surface area contributed by atoms with Gasteiger partial charge in [0.2, 0.25) is 10.0 Å². The maximum atomic E-state index is 11.6. The molecule has 17 heavy (non-hydrogen) atoms. The van der Waals surface area contributed by atoms with Crippen LogP contribution in [0.2, 0.25) is 5.02 Å². The average molecular weight is 293 g/mol. The molecule has 6 nitrogen and oxygen atoms in total. The number of aromatic nitrogens is 2. The average Bonchev–Trinajstić information content (AvgIpc) is 2.70. The molecule has 0 atom stereocenters. The van der Waals surface area contributed by atoms with Crippen molar-refractivity contribution in [2.24, 2.45) is 5.73 Å². The van der Waals surface area contributed by atoms with Gasteiger partial charge in [-0.15, -0.1) is 0 Å². The Morgan fingerprint density at radius 2 is 2.18 bits per heavy atom. The molecule has 0 spiro atoms. The second-order valence-corrected chi connectivity index (χ2v) is 6.04. The number of halogens is 1. The summed E-state index contributed by atoms with van der Waals surface area (Å²) in [5.74, 6) is -0.169. The molecule has 1 aromatic heterocycles. The fourth-order valence-corrected chi connectivity index (χ4v) is 3.01. The van der Waals surface area contributed by atoms with Gasteiger partial charge < -0.3 is 5.73 Å². The topological polar surface area (TPSA) is 98.0 Å². The number of nitrogens with one attached hydrogen (secondary N) is 1. The summed E-state index contributed by atoms with van der Waals surface area (Å²) < 4.78 is 33.6. The smallest absolute Gasteiger partial charge is 0.234 e. The standard InChI is InChI=1S/C8H9ClN4O2S2/c9-5-1-2-6-8(12-16-11-6)7(5)13-17(14,15)4-3-10/h1-2,13H,3-4,10H2. The van der Waals surface area contributed by atoms with E-state index in [1.54, 1.807) is 12.1 Å². The molecule has 0 fully saturated rings. The fraction of sp³-hybridized carbons (Fsp3) is 0.250. The summed E-state index contributed by atoms with van der Waals surface area (Å²) in [7, 11) is -3.50. The number of anilines is 1. The van der Waals surface area contributed by atoms with Gasteiger partial charge in [-0.25, -0.2) is 8.42 Å². The molecule has 0 aliphatic heterocycles. The summed E-state index contributed by atoms with van der Waals surface area (Å²) >= 11 is 6.94. The van der Waals surface area contributed by atoms with Crippen LogP contribution in [0.4, 0.5) is 5.69 Å². The van der Waals surface area contributed by atoms with Crippen molar-refractivity contribution in [1.29, 1.82) is 0 Å². The Morgan fingerprint density at radius 3 is 2.88 bits per heavy atom. The van der Waals surface area contributed by atoms with Crippen molar-refractivity contribution < 1.29 is 8.42 Å². The van der Waals surface area contributed by atoms with E-state index in [0.29, 0.717) is 11.0 Å². The minimum atomic E-state index is -3.50. The lowest BCUT2D eigenvalue weighted by Crippen LogP contribution is -2.22. The predicted molar refractivity (Wildman–Crippen MR) is 68.9 cm³/mol. The quantitative estimate of drug-likeness (QED) is 0.877. The van der Waals surface area contributed by atoms with Crippen molar-refractivity contribution in [2.75, 3.05) is 17.0 Å². The Morgan fingerprint density at radius 1 is 1.41 bits per heavy atom. The van der Waals surface area contributed by atoms with E-state index in [0.717, 1.165) is 11.7 Å². The Hall–Kier alpha value is -0.960. The summed E-state index contributed by atoms with van der Waals surface area (Å²) in [6.07, 6.45) is 0. The van der Waals surface area contributed by atoms with E-state index < -0.39 is 10.0 Å². The number of nitrogens with zero attached hydrogens (tertiary/aromatic N) is 2. The van der Waals surface area contributed by atoms with Crippen LogP contribution in [-0.2, 0) is 10.0 Å². The molecule has 0 amide bonds. The highest BCUT2D eigenvalue weighted by molar-refractivity contribution is 7.92. The first-order valence-electron chi connectivity index (χ1n) is 4.65. The lowest BCUT2D eigenvalue weighted by molar-refractivity contribution is 0.601. The molecule has 0 saturated heterocycles. The molecular weight excluding hydrogens is 284 g/mol. The molecule has 0 radical (unpaired) electrons. The third-order valence-corrected chi connectivity index (χ3v) is 4.17. The summed E-state index contributed by atoms with van der Waals surface area (Å²) in [6, 6.07) is 3.26. The Labute approximate surface area is 107 Å². The SMILES string of the molecule is NCCS(=O)(=O)Nc1c(Cl)ccc2nsnc12. The zero-order valence-electron chi connectivity index (χ0n) is 8.55. The zero-order valence-corrected chi connectivity index (χ0v) is 10.9. The highest BCUT2D eigenvalue weighted by Gasteiger charge is 2.16. The third-order valence-electron chi connectivity index (χ3n) is 2.02. The molecule has 0 unspecified atom stereocenters. The van der Waals surface area contributed by atoms with Crippen LogP contribution >= 0.6 is 23.3 Å². The molecule has 0 aliphatic rings. The van der Waals surface area contributed by atoms with Gasteiger partial charge in [0.1, 0.15) is 11.0 Å². The molecular formula is C8H9ClN4O2S2. The van der Waals surface area contributed by atoms with Gasteiger partial charge in [-0.05, 0) is 12.1 Å². The molecule has 0 aliphatic carbocycles. The van der Waals surface area contributed by atoms with Gasteiger partial charge in [0.25, 0.3) is 0 Å². The lowest BCUT2D eigenvalue weighted by atomic mass is 10.3. The summed E-state index contributed by atoms with van der Waals surface area (Å²) in [6.45, 7) is 0.0399. The van der Waals surface area contributed by atoms with E-state index in [9.17, 15) is 8.42 Å². The molecule has 3 N–H and O–H groups in total. The van der Waals surface area contributed by atoms with E-state index in [-0.39, 0.29) is 23.0 Å². The van der Waals surface area contributed by atoms with E-state index in [4.69, 9.17) is 17.3 Å². The number of benzene rings is 1. The first-order valence-corrected chi connectivity index (χ1v) is 7.41. The minimum Gasteiger partial charge on any atom is -0.329 e. The highest BCUT2D eigenvalue weighted by atomic mass is 35.5. The highest BCUT2D eigenvalue weighted by Crippen LogP contribution is 2.30. The maximum Gasteiger partial charge on any atom is 0.234 e. The number of hydrogen-bond acceptors (Lipinski definition) is 6. The Balaban J connectivity index is 2.48. The molecule has 2 rings (SSSR count). The van der Waals surface area contributed by atoms with Crippen molar-refractivity contribution in [2.45, 2.75) is 0 Å². The van der Waals surface area contributed by atoms with Crippen LogP contribution in [0.3, 0.4) is 0 Å². The van der Waals surface area contributed by atoms with Crippen molar-refractivity contribution >= 4 is 50.1 Å². The van der Waals surface area contributed by atoms with Gasteiger partial charge in [0.15, 0.2) is 0 Å². The fourth-order valence-electron chi connectivity index (χ4n) is 1.29. The zero-order chi connectivity index (χ0) is 12.5. The molecule has 0 saturated carbocycles. The summed E-state index contributed by atoms with van der Waals surface area (Å²) in [5, 5.41) is 0.283. The van der Waals surface area contributed by atoms with Gasteiger partial charge in [0, 0.05) is 6.54 Å². The van der Waals surface area contributed by atoms with Crippen LogP contribution in [0.5, 0.6) is 0 Å². The molecule has 92 valence electrons. The van der Waals surface area contributed by atoms with E-state index in [1.165, 1.54) is 0 Å². The second-order valence-electron chi connectivity index (χ2n) is 3.26.